The highest BCUT2D eigenvalue weighted by Gasteiger charge is 2.22. The lowest BCUT2D eigenvalue weighted by Crippen LogP contribution is -2.03. The second-order valence-electron chi connectivity index (χ2n) is 6.29. The van der Waals surface area contributed by atoms with E-state index in [4.69, 9.17) is 33.2 Å². The van der Waals surface area contributed by atoms with Crippen molar-refractivity contribution in [1.82, 2.24) is 0 Å². The first-order valence-corrected chi connectivity index (χ1v) is 10.8. The minimum atomic E-state index is -4.63. The molecule has 0 radical (unpaired) electrons. The Hall–Kier alpha value is -2.63. The van der Waals surface area contributed by atoms with Gasteiger partial charge in [-0.1, -0.05) is 35.3 Å². The van der Waals surface area contributed by atoms with Gasteiger partial charge >= 0.3 is 0 Å². The van der Waals surface area contributed by atoms with E-state index in [1.807, 2.05) is 18.2 Å². The third-order valence-corrected chi connectivity index (χ3v) is 5.85. The number of ether oxygens (including phenoxy) is 1. The fraction of sp³-hybridized carbons (Fsp3) is 0.0952. The van der Waals surface area contributed by atoms with Gasteiger partial charge in [-0.3, -0.25) is 4.55 Å². The molecular formula is C21H14Cl2FNO4S. The normalized spacial score (nSPS) is 11.2. The first-order chi connectivity index (χ1) is 14.2. The fourth-order valence-electron chi connectivity index (χ4n) is 2.82. The number of hydrogen-bond acceptors (Lipinski definition) is 4. The fourth-order valence-corrected chi connectivity index (χ4v) is 4.17. The molecule has 0 aliphatic carbocycles. The summed E-state index contributed by atoms with van der Waals surface area (Å²) >= 11 is 12.2. The van der Waals surface area contributed by atoms with E-state index >= 15 is 0 Å². The number of nitrogens with zero attached hydrogens (tertiary/aromatic N) is 1. The minimum absolute atomic E-state index is 0.198. The van der Waals surface area contributed by atoms with Crippen LogP contribution in [-0.4, -0.2) is 19.6 Å². The maximum atomic E-state index is 14.4. The Morgan fingerprint density at radius 3 is 2.40 bits per heavy atom. The molecule has 0 amide bonds. The van der Waals surface area contributed by atoms with E-state index in [9.17, 15) is 17.4 Å². The number of rotatable bonds is 6. The van der Waals surface area contributed by atoms with Crippen LogP contribution in [0.4, 0.5) is 4.39 Å². The first-order valence-electron chi connectivity index (χ1n) is 8.57. The maximum absolute atomic E-state index is 14.4. The van der Waals surface area contributed by atoms with Crippen LogP contribution in [-0.2, 0) is 16.5 Å². The lowest BCUT2D eigenvalue weighted by atomic mass is 10.0. The summed E-state index contributed by atoms with van der Waals surface area (Å²) in [6.07, 6.45) is 0.556. The van der Waals surface area contributed by atoms with Gasteiger partial charge in [0.05, 0.1) is 23.3 Å². The molecule has 0 atom stereocenters. The molecule has 30 heavy (non-hydrogen) atoms. The summed E-state index contributed by atoms with van der Waals surface area (Å²) in [5, 5.41) is 8.60. The van der Waals surface area contributed by atoms with Crippen LogP contribution in [0.5, 0.6) is 5.75 Å². The Bertz CT molecular complexity index is 1240. The van der Waals surface area contributed by atoms with E-state index in [0.29, 0.717) is 17.7 Å². The molecule has 0 fully saturated rings. The van der Waals surface area contributed by atoms with Gasteiger partial charge in [-0.25, -0.2) is 4.39 Å². The predicted molar refractivity (Wildman–Crippen MR) is 112 cm³/mol. The Balaban J connectivity index is 1.86. The predicted octanol–water partition coefficient (Wildman–Crippen LogP) is 5.54. The highest BCUT2D eigenvalue weighted by molar-refractivity contribution is 7.86. The standard InChI is InChI=1S/C21H14Cl2FNO4S/c22-16-9-15(20-18(24)5-6-19(21(20)23)30(26,27)28)10-17(11-16)29-8-7-13-1-3-14(12-25)4-2-13/h1-6,9-11H,7-8H2,(H,26,27,28). The van der Waals surface area contributed by atoms with Gasteiger partial charge in [-0.05, 0) is 53.6 Å². The zero-order valence-electron chi connectivity index (χ0n) is 15.3. The summed E-state index contributed by atoms with van der Waals surface area (Å²) in [4.78, 5) is -0.608. The molecule has 154 valence electrons. The molecule has 3 aromatic carbocycles. The van der Waals surface area contributed by atoms with Gasteiger partial charge in [0.1, 0.15) is 16.5 Å². The molecule has 0 bridgehead atoms. The molecule has 1 N–H and O–H groups in total. The Kier molecular flexibility index (Phi) is 6.64. The maximum Gasteiger partial charge on any atom is 0.296 e. The summed E-state index contributed by atoms with van der Waals surface area (Å²) in [6, 6.07) is 15.3. The van der Waals surface area contributed by atoms with Gasteiger partial charge in [0.15, 0.2) is 0 Å². The van der Waals surface area contributed by atoms with Crippen LogP contribution in [0.1, 0.15) is 11.1 Å². The van der Waals surface area contributed by atoms with Gasteiger partial charge in [-0.2, -0.15) is 13.7 Å². The highest BCUT2D eigenvalue weighted by Crippen LogP contribution is 2.38. The lowest BCUT2D eigenvalue weighted by molar-refractivity contribution is 0.322. The lowest BCUT2D eigenvalue weighted by Gasteiger charge is -2.13. The molecule has 0 spiro atoms. The van der Waals surface area contributed by atoms with Crippen molar-refractivity contribution in [2.24, 2.45) is 0 Å². The Morgan fingerprint density at radius 2 is 1.77 bits per heavy atom. The topological polar surface area (TPSA) is 87.4 Å². The summed E-state index contributed by atoms with van der Waals surface area (Å²) in [6.45, 7) is 0.285. The van der Waals surface area contributed by atoms with Crippen molar-refractivity contribution in [3.8, 4) is 22.9 Å². The number of halogens is 3. The van der Waals surface area contributed by atoms with Crippen molar-refractivity contribution in [1.29, 1.82) is 5.26 Å². The van der Waals surface area contributed by atoms with E-state index < -0.39 is 25.9 Å². The van der Waals surface area contributed by atoms with Crippen LogP contribution in [0.3, 0.4) is 0 Å². The summed E-state index contributed by atoms with van der Waals surface area (Å²) in [5.74, 6) is -0.447. The van der Waals surface area contributed by atoms with Gasteiger partial charge in [0, 0.05) is 17.0 Å². The zero-order valence-corrected chi connectivity index (χ0v) is 17.6. The van der Waals surface area contributed by atoms with E-state index in [1.54, 1.807) is 12.1 Å². The number of nitriles is 1. The zero-order chi connectivity index (χ0) is 21.9. The second kappa shape index (κ2) is 9.02. The van der Waals surface area contributed by atoms with Crippen LogP contribution in [0, 0.1) is 17.1 Å². The largest absolute Gasteiger partial charge is 0.493 e. The van der Waals surface area contributed by atoms with Crippen molar-refractivity contribution >= 4 is 33.3 Å². The number of benzene rings is 3. The molecule has 0 aromatic heterocycles. The van der Waals surface area contributed by atoms with Crippen molar-refractivity contribution in [2.45, 2.75) is 11.3 Å². The van der Waals surface area contributed by atoms with Crippen LogP contribution in [0.15, 0.2) is 59.5 Å². The molecule has 9 heteroatoms. The molecule has 0 aliphatic rings. The molecule has 3 aromatic rings. The highest BCUT2D eigenvalue weighted by atomic mass is 35.5. The van der Waals surface area contributed by atoms with Crippen molar-refractivity contribution in [2.75, 3.05) is 6.61 Å². The second-order valence-corrected chi connectivity index (χ2v) is 8.50. The summed E-state index contributed by atoms with van der Waals surface area (Å²) in [7, 11) is -4.63. The molecule has 0 saturated heterocycles. The molecule has 0 saturated carbocycles. The van der Waals surface area contributed by atoms with Gasteiger partial charge in [-0.15, -0.1) is 0 Å². The van der Waals surface area contributed by atoms with Crippen molar-refractivity contribution in [3.63, 3.8) is 0 Å². The van der Waals surface area contributed by atoms with E-state index in [-0.39, 0.29) is 22.8 Å². The summed E-state index contributed by atoms with van der Waals surface area (Å²) in [5.41, 5.74) is 1.51. The molecule has 0 unspecified atom stereocenters. The van der Waals surface area contributed by atoms with Gasteiger partial charge in [0.2, 0.25) is 0 Å². The average Bonchev–Trinajstić information content (AvgIpc) is 2.67. The average molecular weight is 466 g/mol. The van der Waals surface area contributed by atoms with Gasteiger partial charge < -0.3 is 4.74 Å². The van der Waals surface area contributed by atoms with Crippen molar-refractivity contribution < 1.29 is 22.1 Å². The molecule has 0 aliphatic heterocycles. The smallest absolute Gasteiger partial charge is 0.296 e. The van der Waals surface area contributed by atoms with Crippen LogP contribution in [0.2, 0.25) is 10.0 Å². The van der Waals surface area contributed by atoms with E-state index in [1.165, 1.54) is 18.2 Å². The molecular weight excluding hydrogens is 452 g/mol. The van der Waals surface area contributed by atoms with Crippen LogP contribution >= 0.6 is 23.2 Å². The third kappa shape index (κ3) is 5.10. The van der Waals surface area contributed by atoms with Crippen LogP contribution < -0.4 is 4.74 Å². The molecule has 3 rings (SSSR count). The summed E-state index contributed by atoms with van der Waals surface area (Å²) < 4.78 is 52.4. The third-order valence-electron chi connectivity index (χ3n) is 4.24. The quantitative estimate of drug-likeness (QED) is 0.482. The molecule has 5 nitrogen and oxygen atoms in total. The molecule has 0 heterocycles. The van der Waals surface area contributed by atoms with E-state index in [0.717, 1.165) is 17.7 Å². The SMILES string of the molecule is N#Cc1ccc(CCOc2cc(Cl)cc(-c3c(F)ccc(S(=O)(=O)O)c3Cl)c2)cc1. The monoisotopic (exact) mass is 465 g/mol. The van der Waals surface area contributed by atoms with Crippen LogP contribution in [0.25, 0.3) is 11.1 Å². The Morgan fingerprint density at radius 1 is 1.07 bits per heavy atom. The first kappa shape index (κ1) is 22.1. The van der Waals surface area contributed by atoms with Gasteiger partial charge in [0.25, 0.3) is 10.1 Å². The number of hydrogen-bond donors (Lipinski definition) is 1. The minimum Gasteiger partial charge on any atom is -0.493 e. The van der Waals surface area contributed by atoms with Crippen molar-refractivity contribution in [3.05, 3.63) is 81.6 Å². The Labute approximate surface area is 183 Å². The van der Waals surface area contributed by atoms with E-state index in [2.05, 4.69) is 0 Å².